The summed E-state index contributed by atoms with van der Waals surface area (Å²) in [5, 5.41) is 5.99. The zero-order chi connectivity index (χ0) is 13.7. The third-order valence-corrected chi connectivity index (χ3v) is 4.55. The average molecular weight is 296 g/mol. The number of alkyl halides is 1. The van der Waals surface area contributed by atoms with Gasteiger partial charge in [-0.05, 0) is 18.4 Å². The number of hydrogen-bond acceptors (Lipinski definition) is 2. The Morgan fingerprint density at radius 1 is 1.42 bits per heavy atom. The van der Waals surface area contributed by atoms with E-state index in [4.69, 9.17) is 11.6 Å². The van der Waals surface area contributed by atoms with E-state index in [-0.39, 0.29) is 5.91 Å². The Morgan fingerprint density at radius 2 is 2.21 bits per heavy atom. The van der Waals surface area contributed by atoms with Crippen LogP contribution in [0.25, 0.3) is 10.1 Å². The number of carbonyl (C=O) groups is 1. The highest BCUT2D eigenvalue weighted by Gasteiger charge is 2.13. The Kier molecular flexibility index (Phi) is 5.23. The van der Waals surface area contributed by atoms with Crippen molar-refractivity contribution in [3.63, 3.8) is 0 Å². The van der Waals surface area contributed by atoms with Gasteiger partial charge in [0.2, 0.25) is 0 Å². The zero-order valence-corrected chi connectivity index (χ0v) is 12.6. The number of nitrogens with one attached hydrogen (secondary N) is 1. The van der Waals surface area contributed by atoms with Crippen LogP contribution in [0.15, 0.2) is 29.6 Å². The number of benzene rings is 1. The molecule has 0 bridgehead atoms. The van der Waals surface area contributed by atoms with Crippen molar-refractivity contribution < 1.29 is 4.79 Å². The van der Waals surface area contributed by atoms with Gasteiger partial charge in [0.05, 0.1) is 5.56 Å². The summed E-state index contributed by atoms with van der Waals surface area (Å²) in [6.45, 7) is 2.83. The van der Waals surface area contributed by atoms with Gasteiger partial charge in [-0.15, -0.1) is 22.9 Å². The molecule has 1 N–H and O–H groups in total. The van der Waals surface area contributed by atoms with Crippen molar-refractivity contribution in [2.45, 2.75) is 19.8 Å². The molecule has 4 heteroatoms. The molecule has 1 aromatic carbocycles. The monoisotopic (exact) mass is 295 g/mol. The standard InChI is InChI=1S/C15H18ClNOS/c1-2-11(7-8-16)9-17-15(18)13-10-19-14-6-4-3-5-12(13)14/h3-6,10-11H,2,7-9H2,1H3,(H,17,18). The summed E-state index contributed by atoms with van der Waals surface area (Å²) < 4.78 is 1.15. The number of amides is 1. The van der Waals surface area contributed by atoms with Crippen molar-refractivity contribution in [3.05, 3.63) is 35.2 Å². The van der Waals surface area contributed by atoms with Gasteiger partial charge in [-0.3, -0.25) is 4.79 Å². The topological polar surface area (TPSA) is 29.1 Å². The minimum atomic E-state index is 0.0190. The third-order valence-electron chi connectivity index (χ3n) is 3.37. The van der Waals surface area contributed by atoms with Crippen LogP contribution in [0.1, 0.15) is 30.1 Å². The lowest BCUT2D eigenvalue weighted by Crippen LogP contribution is -2.29. The molecule has 0 aliphatic carbocycles. The zero-order valence-electron chi connectivity index (χ0n) is 11.0. The summed E-state index contributed by atoms with van der Waals surface area (Å²) >= 11 is 7.37. The van der Waals surface area contributed by atoms with Crippen molar-refractivity contribution in [2.24, 2.45) is 5.92 Å². The van der Waals surface area contributed by atoms with Gasteiger partial charge in [0, 0.05) is 27.9 Å². The molecule has 0 aliphatic heterocycles. The maximum Gasteiger partial charge on any atom is 0.252 e. The summed E-state index contributed by atoms with van der Waals surface area (Å²) in [6.07, 6.45) is 1.99. The fourth-order valence-electron chi connectivity index (χ4n) is 2.09. The van der Waals surface area contributed by atoms with E-state index < -0.39 is 0 Å². The molecular weight excluding hydrogens is 278 g/mol. The van der Waals surface area contributed by atoms with E-state index in [9.17, 15) is 4.79 Å². The molecule has 0 aliphatic rings. The fraction of sp³-hybridized carbons (Fsp3) is 0.400. The van der Waals surface area contributed by atoms with E-state index in [1.165, 1.54) is 0 Å². The van der Waals surface area contributed by atoms with Crippen LogP contribution in [0, 0.1) is 5.92 Å². The molecule has 102 valence electrons. The molecule has 2 rings (SSSR count). The molecule has 1 atom stereocenters. The molecular formula is C15H18ClNOS. The second-order valence-electron chi connectivity index (χ2n) is 4.61. The predicted molar refractivity (Wildman–Crippen MR) is 83.3 cm³/mol. The Balaban J connectivity index is 2.04. The lowest BCUT2D eigenvalue weighted by Gasteiger charge is -2.13. The minimum absolute atomic E-state index is 0.0190. The highest BCUT2D eigenvalue weighted by Crippen LogP contribution is 2.25. The molecule has 1 amide bonds. The van der Waals surface area contributed by atoms with Crippen LogP contribution < -0.4 is 5.32 Å². The van der Waals surface area contributed by atoms with Crippen LogP contribution in [0.3, 0.4) is 0 Å². The third kappa shape index (κ3) is 3.48. The van der Waals surface area contributed by atoms with Gasteiger partial charge >= 0.3 is 0 Å². The lowest BCUT2D eigenvalue weighted by atomic mass is 10.0. The Morgan fingerprint density at radius 3 is 2.95 bits per heavy atom. The summed E-state index contributed by atoms with van der Waals surface area (Å²) in [4.78, 5) is 12.2. The van der Waals surface area contributed by atoms with Crippen LogP contribution in [0.5, 0.6) is 0 Å². The van der Waals surface area contributed by atoms with Gasteiger partial charge in [0.1, 0.15) is 0 Å². The largest absolute Gasteiger partial charge is 0.352 e. The molecule has 1 heterocycles. The second-order valence-corrected chi connectivity index (χ2v) is 5.90. The van der Waals surface area contributed by atoms with Gasteiger partial charge in [0.15, 0.2) is 0 Å². The Labute approximate surface area is 122 Å². The highest BCUT2D eigenvalue weighted by atomic mass is 35.5. The van der Waals surface area contributed by atoms with Crippen LogP contribution >= 0.6 is 22.9 Å². The van der Waals surface area contributed by atoms with Crippen molar-refractivity contribution in [2.75, 3.05) is 12.4 Å². The number of fused-ring (bicyclic) bond motifs is 1. The maximum atomic E-state index is 12.2. The summed E-state index contributed by atoms with van der Waals surface area (Å²) in [6, 6.07) is 8.00. The molecule has 0 saturated carbocycles. The molecule has 1 unspecified atom stereocenters. The van der Waals surface area contributed by atoms with Gasteiger partial charge in [-0.2, -0.15) is 0 Å². The Bertz CT molecular complexity index is 552. The van der Waals surface area contributed by atoms with Crippen LogP contribution in [0.4, 0.5) is 0 Å². The molecule has 2 aromatic rings. The molecule has 1 aromatic heterocycles. The fourth-order valence-corrected chi connectivity index (χ4v) is 3.34. The quantitative estimate of drug-likeness (QED) is 0.792. The summed E-state index contributed by atoms with van der Waals surface area (Å²) in [7, 11) is 0. The van der Waals surface area contributed by atoms with Gasteiger partial charge in [-0.25, -0.2) is 0 Å². The smallest absolute Gasteiger partial charge is 0.252 e. The molecule has 19 heavy (non-hydrogen) atoms. The number of carbonyl (C=O) groups excluding carboxylic acids is 1. The first-order valence-electron chi connectivity index (χ1n) is 6.56. The van der Waals surface area contributed by atoms with E-state index in [1.54, 1.807) is 11.3 Å². The first-order chi connectivity index (χ1) is 9.26. The predicted octanol–water partition coefficient (Wildman–Crippen LogP) is 4.29. The van der Waals surface area contributed by atoms with E-state index >= 15 is 0 Å². The van der Waals surface area contributed by atoms with E-state index in [0.29, 0.717) is 18.3 Å². The van der Waals surface area contributed by atoms with Crippen molar-refractivity contribution in [1.82, 2.24) is 5.32 Å². The lowest BCUT2D eigenvalue weighted by molar-refractivity contribution is 0.0948. The molecule has 2 nitrogen and oxygen atoms in total. The van der Waals surface area contributed by atoms with Crippen molar-refractivity contribution >= 4 is 38.9 Å². The van der Waals surface area contributed by atoms with Crippen LogP contribution in [0.2, 0.25) is 0 Å². The molecule has 0 saturated heterocycles. The second kappa shape index (κ2) is 6.92. The van der Waals surface area contributed by atoms with E-state index in [1.807, 2.05) is 29.6 Å². The summed E-state index contributed by atoms with van der Waals surface area (Å²) in [5.74, 6) is 1.13. The number of hydrogen-bond donors (Lipinski definition) is 1. The first kappa shape index (κ1) is 14.4. The van der Waals surface area contributed by atoms with Crippen molar-refractivity contribution in [1.29, 1.82) is 0 Å². The maximum absolute atomic E-state index is 12.2. The molecule has 0 spiro atoms. The molecule has 0 radical (unpaired) electrons. The Hall–Kier alpha value is -1.06. The number of thiophene rings is 1. The van der Waals surface area contributed by atoms with E-state index in [0.717, 1.165) is 28.5 Å². The van der Waals surface area contributed by atoms with Crippen LogP contribution in [-0.2, 0) is 0 Å². The average Bonchev–Trinajstić information content (AvgIpc) is 2.87. The van der Waals surface area contributed by atoms with Crippen LogP contribution in [-0.4, -0.2) is 18.3 Å². The number of rotatable bonds is 6. The van der Waals surface area contributed by atoms with Gasteiger partial charge in [-0.1, -0.05) is 31.5 Å². The van der Waals surface area contributed by atoms with Crippen molar-refractivity contribution in [3.8, 4) is 0 Å². The minimum Gasteiger partial charge on any atom is -0.352 e. The number of halogens is 1. The first-order valence-corrected chi connectivity index (χ1v) is 7.98. The molecule has 0 fully saturated rings. The normalized spacial score (nSPS) is 12.5. The highest BCUT2D eigenvalue weighted by molar-refractivity contribution is 7.17. The van der Waals surface area contributed by atoms with E-state index in [2.05, 4.69) is 12.2 Å². The SMILES string of the molecule is CCC(CCCl)CNC(=O)c1csc2ccccc12. The summed E-state index contributed by atoms with van der Waals surface area (Å²) in [5.41, 5.74) is 0.779. The van der Waals surface area contributed by atoms with Gasteiger partial charge < -0.3 is 5.32 Å². The van der Waals surface area contributed by atoms with Gasteiger partial charge in [0.25, 0.3) is 5.91 Å².